The molecule has 0 bridgehead atoms. The lowest BCUT2D eigenvalue weighted by molar-refractivity contribution is -0.146. The summed E-state index contributed by atoms with van der Waals surface area (Å²) in [5, 5.41) is 15.8. The van der Waals surface area contributed by atoms with Crippen LogP contribution in [-0.4, -0.2) is 75.6 Å². The molecule has 0 radical (unpaired) electrons. The minimum atomic E-state index is -0.751. The highest BCUT2D eigenvalue weighted by molar-refractivity contribution is 6.01. The van der Waals surface area contributed by atoms with Crippen LogP contribution in [0.1, 0.15) is 49.4 Å². The zero-order valence-corrected chi connectivity index (χ0v) is 17.3. The van der Waals surface area contributed by atoms with E-state index in [0.717, 1.165) is 12.8 Å². The summed E-state index contributed by atoms with van der Waals surface area (Å²) in [4.78, 5) is 46.2. The minimum absolute atomic E-state index is 0.0736. The van der Waals surface area contributed by atoms with Crippen LogP contribution in [0.5, 0.6) is 0 Å². The van der Waals surface area contributed by atoms with E-state index in [4.69, 9.17) is 0 Å². The van der Waals surface area contributed by atoms with Crippen molar-refractivity contribution in [2.45, 2.75) is 50.7 Å². The molecule has 9 nitrogen and oxygen atoms in total. The van der Waals surface area contributed by atoms with E-state index in [9.17, 15) is 19.5 Å². The number of aliphatic hydroxyl groups is 1. The number of aromatic nitrogens is 1. The van der Waals surface area contributed by atoms with E-state index in [1.807, 2.05) is 0 Å². The Labute approximate surface area is 175 Å². The highest BCUT2D eigenvalue weighted by Gasteiger charge is 2.42. The Kier molecular flexibility index (Phi) is 5.64. The lowest BCUT2D eigenvalue weighted by atomic mass is 9.97. The third kappa shape index (κ3) is 3.86. The molecular formula is C21H29N5O4. The number of hydrogen-bond acceptors (Lipinski definition) is 6. The zero-order chi connectivity index (χ0) is 21.3. The van der Waals surface area contributed by atoms with E-state index < -0.39 is 11.7 Å². The van der Waals surface area contributed by atoms with Gasteiger partial charge in [-0.15, -0.1) is 0 Å². The van der Waals surface area contributed by atoms with Crippen LogP contribution in [0.2, 0.25) is 0 Å². The van der Waals surface area contributed by atoms with Gasteiger partial charge in [-0.3, -0.25) is 14.4 Å². The molecule has 3 amide bonds. The Hall–Kier alpha value is -2.68. The molecule has 3 aliphatic heterocycles. The first-order valence-electron chi connectivity index (χ1n) is 10.7. The fraction of sp³-hybridized carbons (Fsp3) is 0.619. The largest absolute Gasteiger partial charge is 0.396 e. The second kappa shape index (κ2) is 8.22. The lowest BCUT2D eigenvalue weighted by Gasteiger charge is -2.39. The van der Waals surface area contributed by atoms with Crippen molar-refractivity contribution in [1.82, 2.24) is 20.1 Å². The number of amides is 3. The molecule has 3 N–H and O–H groups in total. The number of aliphatic hydroxyl groups excluding tert-OH is 1. The van der Waals surface area contributed by atoms with Gasteiger partial charge >= 0.3 is 0 Å². The molecule has 1 aromatic heterocycles. The number of rotatable bonds is 3. The molecule has 4 rings (SSSR count). The van der Waals surface area contributed by atoms with Gasteiger partial charge in [-0.2, -0.15) is 0 Å². The van der Waals surface area contributed by atoms with Crippen molar-refractivity contribution in [3.05, 3.63) is 23.9 Å². The van der Waals surface area contributed by atoms with Gasteiger partial charge in [0.1, 0.15) is 17.5 Å². The topological polar surface area (TPSA) is 115 Å². The van der Waals surface area contributed by atoms with Gasteiger partial charge in [0.15, 0.2) is 0 Å². The standard InChI is InChI=1S/C21H29N5O4/c1-14(20(30)25-10-3-4-15(12-25)13-27)26-11-8-21(7-6-17(26)28)23-18-16(19(29)24-21)5-2-9-22-18/h2,5,9,14-15,27H,3-4,6-8,10-13H2,1H3,(H,22,23)(H,24,29)/t14-,15-,21+/m1/s1. The highest BCUT2D eigenvalue weighted by atomic mass is 16.3. The normalized spacial score (nSPS) is 27.7. The molecule has 1 aromatic rings. The average Bonchev–Trinajstić information content (AvgIpc) is 2.92. The maximum absolute atomic E-state index is 13.1. The second-order valence-corrected chi connectivity index (χ2v) is 8.55. The molecule has 3 aliphatic rings. The zero-order valence-electron chi connectivity index (χ0n) is 17.3. The van der Waals surface area contributed by atoms with Gasteiger partial charge in [-0.05, 0) is 44.2 Å². The molecule has 0 aliphatic carbocycles. The summed E-state index contributed by atoms with van der Waals surface area (Å²) in [6, 6.07) is 2.85. The number of carbonyl (C=O) groups is 3. The smallest absolute Gasteiger partial charge is 0.256 e. The second-order valence-electron chi connectivity index (χ2n) is 8.55. The van der Waals surface area contributed by atoms with E-state index in [2.05, 4.69) is 15.6 Å². The summed E-state index contributed by atoms with van der Waals surface area (Å²) in [6.45, 7) is 3.39. The number of likely N-dealkylation sites (tertiary alicyclic amines) is 2. The SMILES string of the molecule is C[C@H](C(=O)N1CCC[C@@H](CO)C1)N1CC[C@]2(CCC1=O)NC(=O)c1cccnc1N2. The van der Waals surface area contributed by atoms with Crippen molar-refractivity contribution in [3.8, 4) is 0 Å². The van der Waals surface area contributed by atoms with E-state index in [1.165, 1.54) is 0 Å². The van der Waals surface area contributed by atoms with E-state index in [1.54, 1.807) is 35.1 Å². The van der Waals surface area contributed by atoms with Gasteiger partial charge in [-0.1, -0.05) is 0 Å². The van der Waals surface area contributed by atoms with Gasteiger partial charge in [0.05, 0.1) is 5.56 Å². The van der Waals surface area contributed by atoms with E-state index in [-0.39, 0.29) is 36.7 Å². The predicted octanol–water partition coefficient (Wildman–Crippen LogP) is 0.565. The van der Waals surface area contributed by atoms with Gasteiger partial charge in [0, 0.05) is 45.3 Å². The molecule has 2 saturated heterocycles. The van der Waals surface area contributed by atoms with Crippen LogP contribution in [0.25, 0.3) is 0 Å². The van der Waals surface area contributed by atoms with Crippen LogP contribution in [0, 0.1) is 5.92 Å². The van der Waals surface area contributed by atoms with Crippen LogP contribution in [0.4, 0.5) is 5.82 Å². The Bertz CT molecular complexity index is 846. The summed E-state index contributed by atoms with van der Waals surface area (Å²) in [5.74, 6) is 0.253. The number of carbonyl (C=O) groups excluding carboxylic acids is 3. The molecule has 0 saturated carbocycles. The quantitative estimate of drug-likeness (QED) is 0.665. The Balaban J connectivity index is 1.46. The first-order valence-corrected chi connectivity index (χ1v) is 10.7. The molecule has 1 spiro atoms. The third-order valence-electron chi connectivity index (χ3n) is 6.54. The third-order valence-corrected chi connectivity index (χ3v) is 6.54. The summed E-state index contributed by atoms with van der Waals surface area (Å²) >= 11 is 0. The number of nitrogens with one attached hydrogen (secondary N) is 2. The fourth-order valence-corrected chi connectivity index (χ4v) is 4.73. The van der Waals surface area contributed by atoms with Crippen LogP contribution in [-0.2, 0) is 9.59 Å². The first kappa shape index (κ1) is 20.6. The number of anilines is 1. The molecule has 162 valence electrons. The summed E-state index contributed by atoms with van der Waals surface area (Å²) in [6.07, 6.45) is 4.56. The molecule has 4 heterocycles. The Morgan fingerprint density at radius 3 is 2.97 bits per heavy atom. The lowest BCUT2D eigenvalue weighted by Crippen LogP contribution is -2.58. The van der Waals surface area contributed by atoms with Gasteiger partial charge < -0.3 is 25.5 Å². The van der Waals surface area contributed by atoms with Crippen LogP contribution >= 0.6 is 0 Å². The fourth-order valence-electron chi connectivity index (χ4n) is 4.73. The summed E-state index contributed by atoms with van der Waals surface area (Å²) in [7, 11) is 0. The molecule has 9 heteroatoms. The molecular weight excluding hydrogens is 386 g/mol. The Morgan fingerprint density at radius 2 is 2.17 bits per heavy atom. The van der Waals surface area contributed by atoms with Gasteiger partial charge in [0.25, 0.3) is 5.91 Å². The van der Waals surface area contributed by atoms with Crippen molar-refractivity contribution in [3.63, 3.8) is 0 Å². The Morgan fingerprint density at radius 1 is 1.33 bits per heavy atom. The summed E-state index contributed by atoms with van der Waals surface area (Å²) < 4.78 is 0. The van der Waals surface area contributed by atoms with Gasteiger partial charge in [0.2, 0.25) is 11.8 Å². The minimum Gasteiger partial charge on any atom is -0.396 e. The molecule has 0 aromatic carbocycles. The predicted molar refractivity (Wildman–Crippen MR) is 109 cm³/mol. The monoisotopic (exact) mass is 415 g/mol. The van der Waals surface area contributed by atoms with Crippen molar-refractivity contribution in [2.75, 3.05) is 31.6 Å². The number of hydrogen-bond donors (Lipinski definition) is 3. The van der Waals surface area contributed by atoms with Crippen LogP contribution in [0.15, 0.2) is 18.3 Å². The van der Waals surface area contributed by atoms with Gasteiger partial charge in [-0.25, -0.2) is 4.98 Å². The van der Waals surface area contributed by atoms with Crippen molar-refractivity contribution in [1.29, 1.82) is 0 Å². The van der Waals surface area contributed by atoms with Crippen LogP contribution in [0.3, 0.4) is 0 Å². The van der Waals surface area contributed by atoms with Crippen molar-refractivity contribution >= 4 is 23.5 Å². The number of nitrogens with zero attached hydrogens (tertiary/aromatic N) is 3. The molecule has 30 heavy (non-hydrogen) atoms. The number of piperidine rings is 1. The van der Waals surface area contributed by atoms with Crippen LogP contribution < -0.4 is 10.6 Å². The first-order chi connectivity index (χ1) is 14.4. The highest BCUT2D eigenvalue weighted by Crippen LogP contribution is 2.31. The van der Waals surface area contributed by atoms with Crippen molar-refractivity contribution in [2.24, 2.45) is 5.92 Å². The van der Waals surface area contributed by atoms with E-state index >= 15 is 0 Å². The van der Waals surface area contributed by atoms with E-state index in [0.29, 0.717) is 43.9 Å². The maximum Gasteiger partial charge on any atom is 0.256 e. The average molecular weight is 415 g/mol. The number of pyridine rings is 1. The maximum atomic E-state index is 13.1. The molecule has 0 unspecified atom stereocenters. The summed E-state index contributed by atoms with van der Waals surface area (Å²) in [5.41, 5.74) is -0.263. The molecule has 3 atom stereocenters. The van der Waals surface area contributed by atoms with Crippen molar-refractivity contribution < 1.29 is 19.5 Å². The molecule has 2 fully saturated rings. The number of fused-ring (bicyclic) bond motifs is 1.